The molecule has 1 aliphatic rings. The molecule has 1 atom stereocenters. The number of aromatic nitrogens is 2. The van der Waals surface area contributed by atoms with E-state index >= 15 is 0 Å². The molecule has 6 nitrogen and oxygen atoms in total. The second kappa shape index (κ2) is 10.2. The van der Waals surface area contributed by atoms with E-state index in [2.05, 4.69) is 67.1 Å². The zero-order valence-corrected chi connectivity index (χ0v) is 22.6. The van der Waals surface area contributed by atoms with Crippen LogP contribution in [0.2, 0.25) is 0 Å². The number of sulfone groups is 1. The summed E-state index contributed by atoms with van der Waals surface area (Å²) >= 11 is 0. The molecule has 3 aromatic rings. The van der Waals surface area contributed by atoms with E-state index < -0.39 is 9.84 Å². The molecule has 188 valence electrons. The lowest BCUT2D eigenvalue weighted by molar-refractivity contribution is 0.264. The maximum absolute atomic E-state index is 13.6. The number of hydrogen-bond donors (Lipinski definition) is 0. The fourth-order valence-corrected chi connectivity index (χ4v) is 6.64. The van der Waals surface area contributed by atoms with E-state index in [0.29, 0.717) is 39.6 Å². The molecule has 1 fully saturated rings. The van der Waals surface area contributed by atoms with Gasteiger partial charge in [-0.15, -0.1) is 0 Å². The highest BCUT2D eigenvalue weighted by Crippen LogP contribution is 2.30. The molecule has 1 aliphatic heterocycles. The summed E-state index contributed by atoms with van der Waals surface area (Å²) in [7, 11) is 2.45. The molecule has 0 spiro atoms. The zero-order valence-electron chi connectivity index (χ0n) is 21.8. The molecule has 4 rings (SSSR count). The Bertz CT molecular complexity index is 1280. The largest absolute Gasteiger partial charge is 0.305 e. The van der Waals surface area contributed by atoms with Crippen LogP contribution in [-0.2, 0) is 29.9 Å². The molecule has 1 aromatic heterocycles. The van der Waals surface area contributed by atoms with Crippen molar-refractivity contribution in [2.75, 3.05) is 27.2 Å². The van der Waals surface area contributed by atoms with Gasteiger partial charge in [-0.2, -0.15) is 5.10 Å². The second-order valence-electron chi connectivity index (χ2n) is 10.5. The van der Waals surface area contributed by atoms with Crippen molar-refractivity contribution in [3.8, 4) is 11.1 Å². The van der Waals surface area contributed by atoms with Gasteiger partial charge in [-0.05, 0) is 74.7 Å². The Morgan fingerprint density at radius 3 is 2.43 bits per heavy atom. The van der Waals surface area contributed by atoms with Crippen LogP contribution in [0.1, 0.15) is 37.2 Å². The Labute approximate surface area is 210 Å². The number of nitrogens with zero attached hydrogens (tertiary/aromatic N) is 4. The number of aryl methyl sites for hydroxylation is 1. The molecule has 7 heteroatoms. The van der Waals surface area contributed by atoms with Gasteiger partial charge in [0.1, 0.15) is 4.90 Å². The first-order chi connectivity index (χ1) is 16.6. The Morgan fingerprint density at radius 1 is 1.09 bits per heavy atom. The van der Waals surface area contributed by atoms with E-state index in [9.17, 15) is 8.42 Å². The lowest BCUT2D eigenvalue weighted by Crippen LogP contribution is -2.31. The predicted octanol–water partition coefficient (Wildman–Crippen LogP) is 4.56. The lowest BCUT2D eigenvalue weighted by Gasteiger charge is -2.20. The first kappa shape index (κ1) is 25.6. The Hall–Kier alpha value is -2.48. The molecule has 0 aliphatic carbocycles. The van der Waals surface area contributed by atoms with Crippen LogP contribution < -0.4 is 0 Å². The average molecular weight is 495 g/mol. The fraction of sp³-hybridized carbons (Fsp3) is 0.464. The summed E-state index contributed by atoms with van der Waals surface area (Å²) < 4.78 is 28.8. The molecule has 0 saturated carbocycles. The van der Waals surface area contributed by atoms with Gasteiger partial charge < -0.3 is 4.90 Å². The van der Waals surface area contributed by atoms with E-state index in [-0.39, 0.29) is 0 Å². The van der Waals surface area contributed by atoms with Crippen molar-refractivity contribution < 1.29 is 8.42 Å². The minimum absolute atomic E-state index is 0.310. The number of rotatable bonds is 8. The van der Waals surface area contributed by atoms with Crippen molar-refractivity contribution in [2.24, 2.45) is 13.0 Å². The van der Waals surface area contributed by atoms with Crippen molar-refractivity contribution in [2.45, 2.75) is 56.0 Å². The van der Waals surface area contributed by atoms with Gasteiger partial charge in [-0.1, -0.05) is 44.2 Å². The monoisotopic (exact) mass is 494 g/mol. The van der Waals surface area contributed by atoms with Crippen LogP contribution in [0, 0.1) is 12.8 Å². The van der Waals surface area contributed by atoms with Gasteiger partial charge in [-0.3, -0.25) is 9.58 Å². The highest BCUT2D eigenvalue weighted by molar-refractivity contribution is 7.91. The molecule has 2 heterocycles. The minimum Gasteiger partial charge on any atom is -0.305 e. The Kier molecular flexibility index (Phi) is 7.50. The van der Waals surface area contributed by atoms with Gasteiger partial charge in [0.2, 0.25) is 9.84 Å². The van der Waals surface area contributed by atoms with Gasteiger partial charge in [0, 0.05) is 32.7 Å². The molecule has 0 bridgehead atoms. The van der Waals surface area contributed by atoms with Crippen LogP contribution in [0.3, 0.4) is 0 Å². The highest BCUT2D eigenvalue weighted by Gasteiger charge is 2.28. The molecule has 0 radical (unpaired) electrons. The minimum atomic E-state index is -3.65. The fourth-order valence-electron chi connectivity index (χ4n) is 4.96. The first-order valence-corrected chi connectivity index (χ1v) is 13.9. The van der Waals surface area contributed by atoms with Crippen molar-refractivity contribution in [3.63, 3.8) is 0 Å². The molecule has 35 heavy (non-hydrogen) atoms. The van der Waals surface area contributed by atoms with Gasteiger partial charge in [-0.25, -0.2) is 8.42 Å². The highest BCUT2D eigenvalue weighted by atomic mass is 32.2. The van der Waals surface area contributed by atoms with Gasteiger partial charge in [0.15, 0.2) is 0 Å². The van der Waals surface area contributed by atoms with Crippen LogP contribution in [-0.4, -0.2) is 61.2 Å². The topological polar surface area (TPSA) is 58.4 Å². The molecule has 0 N–H and O–H groups in total. The molecule has 1 unspecified atom stereocenters. The van der Waals surface area contributed by atoms with Crippen LogP contribution in [0.25, 0.3) is 11.1 Å². The molecule has 2 aromatic carbocycles. The van der Waals surface area contributed by atoms with E-state index in [1.807, 2.05) is 19.1 Å². The normalized spacial score (nSPS) is 17.1. The smallest absolute Gasteiger partial charge is 0.210 e. The second-order valence-corrected chi connectivity index (χ2v) is 12.3. The summed E-state index contributed by atoms with van der Waals surface area (Å²) in [5.74, 6) is 0.322. The third-order valence-electron chi connectivity index (χ3n) is 7.03. The lowest BCUT2D eigenvalue weighted by atomic mass is 10.0. The van der Waals surface area contributed by atoms with Crippen LogP contribution in [0.4, 0.5) is 0 Å². The van der Waals surface area contributed by atoms with E-state index in [4.69, 9.17) is 0 Å². The summed E-state index contributed by atoms with van der Waals surface area (Å²) in [4.78, 5) is 5.48. The maximum atomic E-state index is 13.6. The molecular weight excluding hydrogens is 456 g/mol. The van der Waals surface area contributed by atoms with E-state index in [0.717, 1.165) is 30.8 Å². The number of hydrogen-bond acceptors (Lipinski definition) is 5. The van der Waals surface area contributed by atoms with Crippen LogP contribution >= 0.6 is 0 Å². The zero-order chi connectivity index (χ0) is 25.3. The van der Waals surface area contributed by atoms with Gasteiger partial charge >= 0.3 is 0 Å². The standard InChI is InChI=1S/C28H38N4O2S/c1-20(2)16-27-28(21(3)31(6)29-27)35(33,34)26-12-10-23(11-13-26)24-9-7-8-22(17-24)18-32-15-14-25(19-32)30(4)5/h7-13,17,20,25H,14-16,18-19H2,1-6H3. The maximum Gasteiger partial charge on any atom is 0.210 e. The van der Waals surface area contributed by atoms with E-state index in [1.54, 1.807) is 23.9 Å². The summed E-state index contributed by atoms with van der Waals surface area (Å²) in [6.45, 7) is 9.12. The number of benzene rings is 2. The van der Waals surface area contributed by atoms with Gasteiger partial charge in [0.05, 0.1) is 16.3 Å². The summed E-state index contributed by atoms with van der Waals surface area (Å²) in [5, 5.41) is 4.50. The molecule has 1 saturated heterocycles. The molecular formula is C28H38N4O2S. The number of likely N-dealkylation sites (N-methyl/N-ethyl adjacent to an activating group) is 1. The summed E-state index contributed by atoms with van der Waals surface area (Å²) in [5.41, 5.74) is 4.73. The van der Waals surface area contributed by atoms with Crippen molar-refractivity contribution in [3.05, 3.63) is 65.5 Å². The van der Waals surface area contributed by atoms with E-state index in [1.165, 1.54) is 12.0 Å². The Morgan fingerprint density at radius 2 is 1.80 bits per heavy atom. The van der Waals surface area contributed by atoms with Crippen LogP contribution in [0.15, 0.2) is 58.3 Å². The third-order valence-corrected chi connectivity index (χ3v) is 8.99. The van der Waals surface area contributed by atoms with Crippen molar-refractivity contribution in [1.82, 2.24) is 19.6 Å². The van der Waals surface area contributed by atoms with Crippen molar-refractivity contribution >= 4 is 9.84 Å². The summed E-state index contributed by atoms with van der Waals surface area (Å²) in [6, 6.07) is 16.5. The average Bonchev–Trinajstić information content (AvgIpc) is 3.38. The predicted molar refractivity (Wildman–Crippen MR) is 141 cm³/mol. The van der Waals surface area contributed by atoms with Gasteiger partial charge in [0.25, 0.3) is 0 Å². The molecule has 0 amide bonds. The quantitative estimate of drug-likeness (QED) is 0.459. The third kappa shape index (κ3) is 5.52. The Balaban J connectivity index is 1.56. The summed E-state index contributed by atoms with van der Waals surface area (Å²) in [6.07, 6.45) is 1.84. The number of likely N-dealkylation sites (tertiary alicyclic amines) is 1. The SMILES string of the molecule is Cc1c(S(=O)(=O)c2ccc(-c3cccc(CN4CCC(N(C)C)C4)c3)cc2)c(CC(C)C)nn1C. The first-order valence-electron chi connectivity index (χ1n) is 12.4. The van der Waals surface area contributed by atoms with Crippen LogP contribution in [0.5, 0.6) is 0 Å². The van der Waals surface area contributed by atoms with Crippen molar-refractivity contribution in [1.29, 1.82) is 0 Å².